The topological polar surface area (TPSA) is 73.5 Å². The van der Waals surface area contributed by atoms with Crippen molar-refractivity contribution in [3.8, 4) is 0 Å². The third kappa shape index (κ3) is 5.01. The molecule has 1 aliphatic carbocycles. The molecule has 1 fully saturated rings. The van der Waals surface area contributed by atoms with E-state index in [-0.39, 0.29) is 11.8 Å². The molecule has 0 heterocycles. The number of hydrazine groups is 1. The minimum Gasteiger partial charge on any atom is -0.317 e. The number of hydrogen-bond acceptors (Lipinski definition) is 4. The van der Waals surface area contributed by atoms with E-state index < -0.39 is 0 Å². The average Bonchev–Trinajstić information content (AvgIpc) is 2.36. The Morgan fingerprint density at radius 1 is 1.17 bits per heavy atom. The Hall–Kier alpha value is -1.14. The van der Waals surface area contributed by atoms with Gasteiger partial charge in [0, 0.05) is 19.0 Å². The van der Waals surface area contributed by atoms with Gasteiger partial charge in [-0.15, -0.1) is 0 Å². The molecule has 0 aromatic carbocycles. The van der Waals surface area contributed by atoms with Gasteiger partial charge in [-0.3, -0.25) is 25.3 Å². The van der Waals surface area contributed by atoms with E-state index in [9.17, 15) is 9.59 Å². The molecule has 0 atom stereocenters. The van der Waals surface area contributed by atoms with Crippen LogP contribution in [0.1, 0.15) is 32.6 Å². The van der Waals surface area contributed by atoms with Crippen molar-refractivity contribution in [1.82, 2.24) is 21.1 Å². The van der Waals surface area contributed by atoms with E-state index in [1.807, 2.05) is 14.1 Å². The molecule has 6 heteroatoms. The second-order valence-electron chi connectivity index (χ2n) is 4.94. The third-order valence-corrected chi connectivity index (χ3v) is 3.50. The first-order valence-corrected chi connectivity index (χ1v) is 6.46. The first-order chi connectivity index (χ1) is 8.52. The van der Waals surface area contributed by atoms with Crippen molar-refractivity contribution in [3.05, 3.63) is 0 Å². The number of carbonyl (C=O) groups excluding carboxylic acids is 2. The molecule has 0 unspecified atom stereocenters. The van der Waals surface area contributed by atoms with E-state index in [2.05, 4.69) is 21.1 Å². The van der Waals surface area contributed by atoms with Crippen LogP contribution in [-0.2, 0) is 9.59 Å². The lowest BCUT2D eigenvalue weighted by Gasteiger charge is -2.34. The van der Waals surface area contributed by atoms with E-state index >= 15 is 0 Å². The highest BCUT2D eigenvalue weighted by atomic mass is 16.2. The van der Waals surface area contributed by atoms with Crippen LogP contribution >= 0.6 is 0 Å². The van der Waals surface area contributed by atoms with Crippen molar-refractivity contribution in [2.45, 2.75) is 44.7 Å². The van der Waals surface area contributed by atoms with Crippen molar-refractivity contribution in [2.24, 2.45) is 0 Å². The van der Waals surface area contributed by atoms with Crippen LogP contribution in [0.15, 0.2) is 0 Å². The summed E-state index contributed by atoms with van der Waals surface area (Å²) in [5, 5.41) is 3.29. The van der Waals surface area contributed by atoms with Gasteiger partial charge in [-0.1, -0.05) is 0 Å². The maximum atomic E-state index is 11.5. The maximum Gasteiger partial charge on any atom is 0.252 e. The van der Waals surface area contributed by atoms with Crippen molar-refractivity contribution in [3.63, 3.8) is 0 Å². The molecule has 0 aromatic heterocycles. The molecule has 1 rings (SSSR count). The fraction of sp³-hybridized carbons (Fsp3) is 0.833. The second kappa shape index (κ2) is 7.33. The molecule has 1 aliphatic rings. The molecule has 2 amide bonds. The number of nitrogens with one attached hydrogen (secondary N) is 3. The molecule has 104 valence electrons. The van der Waals surface area contributed by atoms with Crippen LogP contribution in [0.25, 0.3) is 0 Å². The maximum absolute atomic E-state index is 11.5. The summed E-state index contributed by atoms with van der Waals surface area (Å²) in [6.45, 7) is 1.68. The van der Waals surface area contributed by atoms with Crippen LogP contribution in [0.5, 0.6) is 0 Å². The number of nitrogens with zero attached hydrogens (tertiary/aromatic N) is 1. The first kappa shape index (κ1) is 14.9. The Labute approximate surface area is 108 Å². The number of carbonyl (C=O) groups is 2. The molecule has 18 heavy (non-hydrogen) atoms. The Bertz CT molecular complexity index is 288. The quantitative estimate of drug-likeness (QED) is 0.599. The standard InChI is InChI=1S/C12H24N4O2/c1-9(17)14-15-12(18)8-16(3)11-6-4-10(13-2)5-7-11/h10-11,13H,4-8H2,1-3H3,(H,14,17)(H,15,18). The zero-order chi connectivity index (χ0) is 13.5. The molecule has 0 aliphatic heterocycles. The lowest BCUT2D eigenvalue weighted by Crippen LogP contribution is -2.48. The highest BCUT2D eigenvalue weighted by Crippen LogP contribution is 2.21. The van der Waals surface area contributed by atoms with Gasteiger partial charge >= 0.3 is 0 Å². The highest BCUT2D eigenvalue weighted by Gasteiger charge is 2.24. The molecule has 0 saturated heterocycles. The molecule has 0 aromatic rings. The smallest absolute Gasteiger partial charge is 0.252 e. The van der Waals surface area contributed by atoms with Crippen molar-refractivity contribution >= 4 is 11.8 Å². The van der Waals surface area contributed by atoms with E-state index in [4.69, 9.17) is 0 Å². The number of amides is 2. The summed E-state index contributed by atoms with van der Waals surface area (Å²) in [7, 11) is 3.95. The van der Waals surface area contributed by atoms with Gasteiger partial charge in [0.05, 0.1) is 6.54 Å². The monoisotopic (exact) mass is 256 g/mol. The normalized spacial score (nSPS) is 23.8. The predicted molar refractivity (Wildman–Crippen MR) is 69.7 cm³/mol. The van der Waals surface area contributed by atoms with Crippen molar-refractivity contribution < 1.29 is 9.59 Å². The zero-order valence-corrected chi connectivity index (χ0v) is 11.5. The van der Waals surface area contributed by atoms with Crippen LogP contribution < -0.4 is 16.2 Å². The van der Waals surface area contributed by atoms with Crippen LogP contribution in [0, 0.1) is 0 Å². The fourth-order valence-electron chi connectivity index (χ4n) is 2.36. The van der Waals surface area contributed by atoms with Gasteiger partial charge in [0.2, 0.25) is 5.91 Å². The molecule has 1 saturated carbocycles. The Kier molecular flexibility index (Phi) is 6.07. The Morgan fingerprint density at radius 2 is 1.78 bits per heavy atom. The minimum absolute atomic E-state index is 0.177. The van der Waals surface area contributed by atoms with Gasteiger partial charge < -0.3 is 5.32 Å². The molecule has 0 spiro atoms. The lowest BCUT2D eigenvalue weighted by atomic mass is 9.90. The summed E-state index contributed by atoms with van der Waals surface area (Å²) in [5.74, 6) is -0.441. The number of likely N-dealkylation sites (N-methyl/N-ethyl adjacent to an activating group) is 1. The molecule has 0 bridgehead atoms. The van der Waals surface area contributed by atoms with Crippen molar-refractivity contribution in [2.75, 3.05) is 20.6 Å². The number of rotatable bonds is 4. The van der Waals surface area contributed by atoms with E-state index in [0.717, 1.165) is 25.7 Å². The van der Waals surface area contributed by atoms with Gasteiger partial charge in [-0.25, -0.2) is 0 Å². The average molecular weight is 256 g/mol. The van der Waals surface area contributed by atoms with Crippen LogP contribution in [0.3, 0.4) is 0 Å². The Morgan fingerprint density at radius 3 is 2.28 bits per heavy atom. The van der Waals surface area contributed by atoms with E-state index in [1.165, 1.54) is 6.92 Å². The third-order valence-electron chi connectivity index (χ3n) is 3.50. The lowest BCUT2D eigenvalue weighted by molar-refractivity contribution is -0.128. The fourth-order valence-corrected chi connectivity index (χ4v) is 2.36. The predicted octanol–water partition coefficient (Wildman–Crippen LogP) is -0.384. The largest absolute Gasteiger partial charge is 0.317 e. The van der Waals surface area contributed by atoms with Gasteiger partial charge in [0.25, 0.3) is 5.91 Å². The summed E-state index contributed by atoms with van der Waals surface area (Å²) in [6, 6.07) is 1.07. The van der Waals surface area contributed by atoms with E-state index in [1.54, 1.807) is 0 Å². The van der Waals surface area contributed by atoms with Crippen molar-refractivity contribution in [1.29, 1.82) is 0 Å². The van der Waals surface area contributed by atoms with Gasteiger partial charge in [0.15, 0.2) is 0 Å². The minimum atomic E-state index is -0.263. The summed E-state index contributed by atoms with van der Waals surface area (Å²) in [5.41, 5.74) is 4.67. The second-order valence-corrected chi connectivity index (χ2v) is 4.94. The van der Waals surface area contributed by atoms with Crippen LogP contribution in [0.2, 0.25) is 0 Å². The van der Waals surface area contributed by atoms with Gasteiger partial charge in [0.1, 0.15) is 0 Å². The molecule has 0 radical (unpaired) electrons. The van der Waals surface area contributed by atoms with Crippen LogP contribution in [0.4, 0.5) is 0 Å². The number of hydrogen-bond donors (Lipinski definition) is 3. The SMILES string of the molecule is CNC1CCC(N(C)CC(=O)NNC(C)=O)CC1. The Balaban J connectivity index is 2.26. The summed E-state index contributed by atoms with van der Waals surface area (Å²) in [6.07, 6.45) is 4.52. The summed E-state index contributed by atoms with van der Waals surface area (Å²) >= 11 is 0. The summed E-state index contributed by atoms with van der Waals surface area (Å²) in [4.78, 5) is 24.3. The zero-order valence-electron chi connectivity index (χ0n) is 11.5. The first-order valence-electron chi connectivity index (χ1n) is 6.46. The molecule has 6 nitrogen and oxygen atoms in total. The van der Waals surface area contributed by atoms with E-state index in [0.29, 0.717) is 18.6 Å². The van der Waals surface area contributed by atoms with Gasteiger partial charge in [-0.2, -0.15) is 0 Å². The molecular formula is C12H24N4O2. The molecular weight excluding hydrogens is 232 g/mol. The van der Waals surface area contributed by atoms with Gasteiger partial charge in [-0.05, 0) is 39.8 Å². The highest BCUT2D eigenvalue weighted by molar-refractivity contribution is 5.81. The summed E-state index contributed by atoms with van der Waals surface area (Å²) < 4.78 is 0. The molecule has 3 N–H and O–H groups in total. The van der Waals surface area contributed by atoms with Crippen LogP contribution in [-0.4, -0.2) is 49.4 Å².